The Bertz CT molecular complexity index is 312. The maximum absolute atomic E-state index is 3.61. The van der Waals surface area contributed by atoms with E-state index in [4.69, 9.17) is 0 Å². The number of benzene rings is 1. The van der Waals surface area contributed by atoms with E-state index >= 15 is 0 Å². The summed E-state index contributed by atoms with van der Waals surface area (Å²) in [4.78, 5) is 1.32. The van der Waals surface area contributed by atoms with E-state index in [1.165, 1.54) is 14.9 Å². The first kappa shape index (κ1) is 13.1. The van der Waals surface area contributed by atoms with Crippen molar-refractivity contribution < 1.29 is 0 Å². The number of nitrogens with one attached hydrogen (secondary N) is 1. The van der Waals surface area contributed by atoms with Crippen molar-refractivity contribution in [3.05, 3.63) is 28.2 Å². The molecule has 0 radical (unpaired) electrons. The Morgan fingerprint density at radius 3 is 2.67 bits per heavy atom. The molecule has 0 aliphatic carbocycles. The SMILES string of the molecule is CCSc1ccc(CNC(C)C)cc1Br. The van der Waals surface area contributed by atoms with Crippen LogP contribution >= 0.6 is 27.7 Å². The third-order valence-corrected chi connectivity index (χ3v) is 3.88. The van der Waals surface area contributed by atoms with Crippen molar-refractivity contribution >= 4 is 27.7 Å². The van der Waals surface area contributed by atoms with Crippen LogP contribution in [0.3, 0.4) is 0 Å². The van der Waals surface area contributed by atoms with Crippen molar-refractivity contribution in [1.29, 1.82) is 0 Å². The lowest BCUT2D eigenvalue weighted by atomic mass is 10.2. The average Bonchev–Trinajstić information content (AvgIpc) is 2.19. The van der Waals surface area contributed by atoms with Gasteiger partial charge in [-0.15, -0.1) is 11.8 Å². The first-order valence-electron chi connectivity index (χ1n) is 5.28. The third kappa shape index (κ3) is 4.58. The van der Waals surface area contributed by atoms with Gasteiger partial charge in [0, 0.05) is 22.0 Å². The summed E-state index contributed by atoms with van der Waals surface area (Å²) in [6.07, 6.45) is 0. The van der Waals surface area contributed by atoms with Crippen LogP contribution in [0, 0.1) is 0 Å². The van der Waals surface area contributed by atoms with E-state index in [9.17, 15) is 0 Å². The highest BCUT2D eigenvalue weighted by atomic mass is 79.9. The molecule has 84 valence electrons. The third-order valence-electron chi connectivity index (χ3n) is 2.01. The van der Waals surface area contributed by atoms with Crippen LogP contribution < -0.4 is 5.32 Å². The van der Waals surface area contributed by atoms with Gasteiger partial charge in [0.05, 0.1) is 0 Å². The van der Waals surface area contributed by atoms with Gasteiger partial charge in [-0.2, -0.15) is 0 Å². The fourth-order valence-electron chi connectivity index (χ4n) is 1.25. The van der Waals surface area contributed by atoms with Gasteiger partial charge in [0.1, 0.15) is 0 Å². The molecule has 0 amide bonds. The fourth-order valence-corrected chi connectivity index (χ4v) is 2.69. The summed E-state index contributed by atoms with van der Waals surface area (Å²) < 4.78 is 1.21. The Morgan fingerprint density at radius 1 is 1.40 bits per heavy atom. The summed E-state index contributed by atoms with van der Waals surface area (Å²) in [5.41, 5.74) is 1.33. The summed E-state index contributed by atoms with van der Waals surface area (Å²) in [6, 6.07) is 7.12. The van der Waals surface area contributed by atoms with E-state index in [2.05, 4.69) is 60.2 Å². The number of hydrogen-bond acceptors (Lipinski definition) is 2. The van der Waals surface area contributed by atoms with Crippen molar-refractivity contribution in [2.45, 2.75) is 38.3 Å². The van der Waals surface area contributed by atoms with E-state index in [-0.39, 0.29) is 0 Å². The largest absolute Gasteiger partial charge is 0.310 e. The number of rotatable bonds is 5. The highest BCUT2D eigenvalue weighted by Crippen LogP contribution is 2.28. The molecule has 3 heteroatoms. The molecule has 0 aromatic heterocycles. The molecular weight excluding hydrogens is 270 g/mol. The maximum Gasteiger partial charge on any atom is 0.0314 e. The molecule has 1 N–H and O–H groups in total. The molecule has 15 heavy (non-hydrogen) atoms. The Morgan fingerprint density at radius 2 is 2.13 bits per heavy atom. The monoisotopic (exact) mass is 287 g/mol. The Labute approximate surface area is 105 Å². The lowest BCUT2D eigenvalue weighted by molar-refractivity contribution is 0.588. The van der Waals surface area contributed by atoms with Gasteiger partial charge < -0.3 is 5.32 Å². The minimum Gasteiger partial charge on any atom is -0.310 e. The molecule has 1 aromatic carbocycles. The number of hydrogen-bond donors (Lipinski definition) is 1. The second kappa shape index (κ2) is 6.56. The van der Waals surface area contributed by atoms with Crippen LogP contribution in [0.2, 0.25) is 0 Å². The molecule has 1 nitrogen and oxygen atoms in total. The van der Waals surface area contributed by atoms with Gasteiger partial charge in [-0.1, -0.05) is 26.8 Å². The first-order valence-corrected chi connectivity index (χ1v) is 7.06. The molecule has 0 saturated heterocycles. The minimum absolute atomic E-state index is 0.536. The second-order valence-corrected chi connectivity index (χ2v) is 5.89. The van der Waals surface area contributed by atoms with E-state index in [1.807, 2.05) is 11.8 Å². The molecule has 1 aromatic rings. The summed E-state index contributed by atoms with van der Waals surface area (Å²) in [6.45, 7) is 7.44. The van der Waals surface area contributed by atoms with Gasteiger partial charge in [0.25, 0.3) is 0 Å². The normalized spacial score (nSPS) is 11.0. The van der Waals surface area contributed by atoms with Crippen LogP contribution in [0.1, 0.15) is 26.3 Å². The molecular formula is C12H18BrNS. The summed E-state index contributed by atoms with van der Waals surface area (Å²) in [7, 11) is 0. The van der Waals surface area contributed by atoms with E-state index in [0.29, 0.717) is 6.04 Å². The summed E-state index contributed by atoms with van der Waals surface area (Å²) in [5.74, 6) is 1.11. The van der Waals surface area contributed by atoms with Crippen molar-refractivity contribution in [3.8, 4) is 0 Å². The van der Waals surface area contributed by atoms with Crippen LogP contribution in [0.25, 0.3) is 0 Å². The first-order chi connectivity index (χ1) is 7.13. The highest BCUT2D eigenvalue weighted by Gasteiger charge is 2.01. The van der Waals surface area contributed by atoms with Crippen molar-refractivity contribution in [3.63, 3.8) is 0 Å². The van der Waals surface area contributed by atoms with Gasteiger partial charge in [-0.25, -0.2) is 0 Å². The van der Waals surface area contributed by atoms with Gasteiger partial charge in [-0.05, 0) is 39.4 Å². The molecule has 0 heterocycles. The highest BCUT2D eigenvalue weighted by molar-refractivity contribution is 9.10. The van der Waals surface area contributed by atoms with Crippen molar-refractivity contribution in [2.75, 3.05) is 5.75 Å². The van der Waals surface area contributed by atoms with Gasteiger partial charge in [-0.3, -0.25) is 0 Å². The average molecular weight is 288 g/mol. The van der Waals surface area contributed by atoms with Crippen LogP contribution in [0.4, 0.5) is 0 Å². The van der Waals surface area contributed by atoms with E-state index in [0.717, 1.165) is 12.3 Å². The Hall–Kier alpha value is 0.01000. The molecule has 0 bridgehead atoms. The van der Waals surface area contributed by atoms with Gasteiger partial charge in [0.15, 0.2) is 0 Å². The smallest absolute Gasteiger partial charge is 0.0314 e. The van der Waals surface area contributed by atoms with Crippen LogP contribution in [0.15, 0.2) is 27.6 Å². The van der Waals surface area contributed by atoms with Crippen LogP contribution in [-0.4, -0.2) is 11.8 Å². The van der Waals surface area contributed by atoms with Crippen LogP contribution in [0.5, 0.6) is 0 Å². The predicted octanol–water partition coefficient (Wildman–Crippen LogP) is 4.06. The predicted molar refractivity (Wildman–Crippen MR) is 72.5 cm³/mol. The summed E-state index contributed by atoms with van der Waals surface area (Å²) >= 11 is 5.47. The number of halogens is 1. The minimum atomic E-state index is 0.536. The quantitative estimate of drug-likeness (QED) is 0.820. The standard InChI is InChI=1S/C12H18BrNS/c1-4-15-12-6-5-10(7-11(12)13)8-14-9(2)3/h5-7,9,14H,4,8H2,1-3H3. The van der Waals surface area contributed by atoms with E-state index < -0.39 is 0 Å². The zero-order valence-electron chi connectivity index (χ0n) is 9.51. The molecule has 0 fully saturated rings. The van der Waals surface area contributed by atoms with E-state index in [1.54, 1.807) is 0 Å². The van der Waals surface area contributed by atoms with Crippen molar-refractivity contribution in [2.24, 2.45) is 0 Å². The topological polar surface area (TPSA) is 12.0 Å². The molecule has 0 atom stereocenters. The number of thioether (sulfide) groups is 1. The molecule has 0 saturated carbocycles. The van der Waals surface area contributed by atoms with Crippen LogP contribution in [-0.2, 0) is 6.54 Å². The molecule has 0 aliphatic heterocycles. The van der Waals surface area contributed by atoms with Gasteiger partial charge >= 0.3 is 0 Å². The summed E-state index contributed by atoms with van der Waals surface area (Å²) in [5, 5.41) is 3.41. The Balaban J connectivity index is 2.64. The fraction of sp³-hybridized carbons (Fsp3) is 0.500. The zero-order valence-corrected chi connectivity index (χ0v) is 11.9. The molecule has 0 unspecified atom stereocenters. The lowest BCUT2D eigenvalue weighted by Gasteiger charge is -2.09. The molecule has 0 spiro atoms. The van der Waals surface area contributed by atoms with Crippen molar-refractivity contribution in [1.82, 2.24) is 5.32 Å². The second-order valence-electron chi connectivity index (χ2n) is 3.73. The van der Waals surface area contributed by atoms with Gasteiger partial charge in [0.2, 0.25) is 0 Å². The molecule has 1 rings (SSSR count). The lowest BCUT2D eigenvalue weighted by Crippen LogP contribution is -2.21. The molecule has 0 aliphatic rings. The maximum atomic E-state index is 3.61. The Kier molecular flexibility index (Phi) is 5.72. The zero-order chi connectivity index (χ0) is 11.3.